The highest BCUT2D eigenvalue weighted by molar-refractivity contribution is 5.75. The molecule has 0 saturated carbocycles. The molecule has 16 heavy (non-hydrogen) atoms. The molecule has 0 spiro atoms. The standard InChI is InChI=1S/C13H17N2O/c1-14-5-7-15(8-6-14)10-12-3-2-4-13(9-12)11-16/h2-4,9H,5-8,10H2,1H3. The summed E-state index contributed by atoms with van der Waals surface area (Å²) >= 11 is 0. The first kappa shape index (κ1) is 11.3. The van der Waals surface area contributed by atoms with Crippen LogP contribution in [0.15, 0.2) is 24.3 Å². The molecule has 1 fully saturated rings. The summed E-state index contributed by atoms with van der Waals surface area (Å²) in [5, 5.41) is 0. The second kappa shape index (κ2) is 5.23. The first-order valence-corrected chi connectivity index (χ1v) is 5.66. The van der Waals surface area contributed by atoms with Crippen molar-refractivity contribution in [2.75, 3.05) is 33.2 Å². The van der Waals surface area contributed by atoms with E-state index in [1.807, 2.05) is 18.4 Å². The molecule has 2 rings (SSSR count). The molecule has 0 aromatic heterocycles. The monoisotopic (exact) mass is 217 g/mol. The van der Waals surface area contributed by atoms with E-state index in [0.717, 1.165) is 32.7 Å². The van der Waals surface area contributed by atoms with Gasteiger partial charge in [0.1, 0.15) is 0 Å². The normalized spacial score (nSPS) is 18.6. The van der Waals surface area contributed by atoms with E-state index in [4.69, 9.17) is 0 Å². The second-order valence-corrected chi connectivity index (χ2v) is 4.38. The third-order valence-corrected chi connectivity index (χ3v) is 3.05. The van der Waals surface area contributed by atoms with Gasteiger partial charge in [-0.25, -0.2) is 0 Å². The summed E-state index contributed by atoms with van der Waals surface area (Å²) in [6.07, 6.45) is 1.93. The van der Waals surface area contributed by atoms with Crippen LogP contribution in [0.3, 0.4) is 0 Å². The van der Waals surface area contributed by atoms with Gasteiger partial charge in [0.25, 0.3) is 0 Å². The summed E-state index contributed by atoms with van der Waals surface area (Å²) in [5.41, 5.74) is 1.84. The lowest BCUT2D eigenvalue weighted by Gasteiger charge is -2.32. The summed E-state index contributed by atoms with van der Waals surface area (Å²) in [6, 6.07) is 7.70. The Labute approximate surface area is 96.7 Å². The molecule has 3 heteroatoms. The molecule has 0 bridgehead atoms. The Morgan fingerprint density at radius 3 is 2.69 bits per heavy atom. The number of nitrogens with zero attached hydrogens (tertiary/aromatic N) is 2. The number of hydrogen-bond acceptors (Lipinski definition) is 3. The van der Waals surface area contributed by atoms with E-state index in [-0.39, 0.29) is 0 Å². The zero-order valence-corrected chi connectivity index (χ0v) is 9.65. The Hall–Kier alpha value is -1.19. The van der Waals surface area contributed by atoms with Gasteiger partial charge in [0.05, 0.1) is 0 Å². The number of piperazine rings is 1. The zero-order chi connectivity index (χ0) is 11.4. The number of likely N-dealkylation sites (N-methyl/N-ethyl adjacent to an activating group) is 1. The lowest BCUT2D eigenvalue weighted by atomic mass is 10.1. The van der Waals surface area contributed by atoms with Crippen LogP contribution in [0.5, 0.6) is 0 Å². The lowest BCUT2D eigenvalue weighted by molar-refractivity contribution is 0.148. The smallest absolute Gasteiger partial charge is 0.233 e. The van der Waals surface area contributed by atoms with Gasteiger partial charge in [0.15, 0.2) is 0 Å². The van der Waals surface area contributed by atoms with Gasteiger partial charge in [0.2, 0.25) is 6.29 Å². The van der Waals surface area contributed by atoms with E-state index in [0.29, 0.717) is 5.56 Å². The molecule has 1 aliphatic heterocycles. The molecule has 0 N–H and O–H groups in total. The topological polar surface area (TPSA) is 23.6 Å². The van der Waals surface area contributed by atoms with E-state index in [9.17, 15) is 4.79 Å². The Bertz CT molecular complexity index is 357. The van der Waals surface area contributed by atoms with Gasteiger partial charge in [-0.05, 0) is 18.7 Å². The number of hydrogen-bond donors (Lipinski definition) is 0. The van der Waals surface area contributed by atoms with Crippen LogP contribution in [0.25, 0.3) is 0 Å². The third-order valence-electron chi connectivity index (χ3n) is 3.05. The molecule has 85 valence electrons. The largest absolute Gasteiger partial charge is 0.304 e. The van der Waals surface area contributed by atoms with Gasteiger partial charge in [-0.15, -0.1) is 0 Å². The lowest BCUT2D eigenvalue weighted by Crippen LogP contribution is -2.43. The average molecular weight is 217 g/mol. The van der Waals surface area contributed by atoms with Gasteiger partial charge in [-0.1, -0.05) is 18.2 Å². The Balaban J connectivity index is 1.95. The van der Waals surface area contributed by atoms with Crippen molar-refractivity contribution in [3.8, 4) is 0 Å². The SMILES string of the molecule is CN1CCN(Cc2cccc([C]=O)c2)CC1. The summed E-state index contributed by atoms with van der Waals surface area (Å²) in [4.78, 5) is 15.3. The minimum Gasteiger partial charge on any atom is -0.304 e. The molecule has 1 heterocycles. The molecule has 0 unspecified atom stereocenters. The highest BCUT2D eigenvalue weighted by Crippen LogP contribution is 2.09. The molecular formula is C13H17N2O. The fourth-order valence-electron chi connectivity index (χ4n) is 2.00. The van der Waals surface area contributed by atoms with E-state index in [2.05, 4.69) is 22.9 Å². The van der Waals surface area contributed by atoms with Crippen molar-refractivity contribution in [2.45, 2.75) is 6.54 Å². The minimum atomic E-state index is 0.645. The molecule has 1 saturated heterocycles. The molecule has 0 amide bonds. The van der Waals surface area contributed by atoms with Crippen molar-refractivity contribution in [1.82, 2.24) is 9.80 Å². The molecule has 1 aromatic rings. The average Bonchev–Trinajstić information content (AvgIpc) is 2.32. The molecule has 1 aliphatic rings. The number of rotatable bonds is 3. The van der Waals surface area contributed by atoms with Crippen LogP contribution in [0.2, 0.25) is 0 Å². The molecule has 0 atom stereocenters. The van der Waals surface area contributed by atoms with Crippen LogP contribution in [-0.2, 0) is 11.3 Å². The van der Waals surface area contributed by atoms with Crippen molar-refractivity contribution in [1.29, 1.82) is 0 Å². The molecular weight excluding hydrogens is 200 g/mol. The highest BCUT2D eigenvalue weighted by atomic mass is 16.1. The summed E-state index contributed by atoms with van der Waals surface area (Å²) in [6.45, 7) is 5.39. The van der Waals surface area contributed by atoms with Crippen molar-refractivity contribution in [3.05, 3.63) is 35.4 Å². The second-order valence-electron chi connectivity index (χ2n) is 4.38. The Kier molecular flexibility index (Phi) is 3.70. The molecule has 1 radical (unpaired) electrons. The van der Waals surface area contributed by atoms with Crippen LogP contribution in [0, 0.1) is 0 Å². The molecule has 0 aliphatic carbocycles. The maximum absolute atomic E-state index is 10.5. The summed E-state index contributed by atoms with van der Waals surface area (Å²) in [5.74, 6) is 0. The van der Waals surface area contributed by atoms with Crippen LogP contribution in [0.1, 0.15) is 11.1 Å². The summed E-state index contributed by atoms with van der Waals surface area (Å²) < 4.78 is 0. The maximum atomic E-state index is 10.5. The van der Waals surface area contributed by atoms with Gasteiger partial charge >= 0.3 is 0 Å². The van der Waals surface area contributed by atoms with E-state index in [1.54, 1.807) is 6.07 Å². The van der Waals surface area contributed by atoms with Crippen molar-refractivity contribution < 1.29 is 4.79 Å². The van der Waals surface area contributed by atoms with Gasteiger partial charge < -0.3 is 4.90 Å². The first-order chi connectivity index (χ1) is 7.78. The fourth-order valence-corrected chi connectivity index (χ4v) is 2.00. The third kappa shape index (κ3) is 2.90. The molecule has 1 aromatic carbocycles. The van der Waals surface area contributed by atoms with Crippen molar-refractivity contribution >= 4 is 6.29 Å². The summed E-state index contributed by atoms with van der Waals surface area (Å²) in [7, 11) is 2.15. The van der Waals surface area contributed by atoms with E-state index < -0.39 is 0 Å². The molecule has 3 nitrogen and oxygen atoms in total. The van der Waals surface area contributed by atoms with Crippen LogP contribution in [-0.4, -0.2) is 49.3 Å². The van der Waals surface area contributed by atoms with Crippen molar-refractivity contribution in [3.63, 3.8) is 0 Å². The quantitative estimate of drug-likeness (QED) is 0.751. The van der Waals surface area contributed by atoms with E-state index in [1.165, 1.54) is 5.56 Å². The fraction of sp³-hybridized carbons (Fsp3) is 0.462. The maximum Gasteiger partial charge on any atom is 0.233 e. The Morgan fingerprint density at radius 2 is 2.00 bits per heavy atom. The Morgan fingerprint density at radius 1 is 1.25 bits per heavy atom. The minimum absolute atomic E-state index is 0.645. The predicted molar refractivity (Wildman–Crippen MR) is 64.0 cm³/mol. The van der Waals surface area contributed by atoms with Crippen LogP contribution in [0.4, 0.5) is 0 Å². The van der Waals surface area contributed by atoms with Gasteiger partial charge in [-0.3, -0.25) is 9.69 Å². The first-order valence-electron chi connectivity index (χ1n) is 5.66. The zero-order valence-electron chi connectivity index (χ0n) is 9.65. The van der Waals surface area contributed by atoms with Gasteiger partial charge in [-0.2, -0.15) is 0 Å². The van der Waals surface area contributed by atoms with Crippen molar-refractivity contribution in [2.24, 2.45) is 0 Å². The van der Waals surface area contributed by atoms with Crippen LogP contribution < -0.4 is 0 Å². The highest BCUT2D eigenvalue weighted by Gasteiger charge is 2.13. The number of benzene rings is 1. The van der Waals surface area contributed by atoms with E-state index >= 15 is 0 Å². The number of carbonyl (C=O) groups excluding carboxylic acids is 1. The van der Waals surface area contributed by atoms with Gasteiger partial charge in [0, 0.05) is 38.3 Å². The predicted octanol–water partition coefficient (Wildman–Crippen LogP) is 0.892. The van der Waals surface area contributed by atoms with Crippen LogP contribution >= 0.6 is 0 Å².